The van der Waals surface area contributed by atoms with Crippen molar-refractivity contribution in [2.75, 3.05) is 13.2 Å². The molecule has 2 aromatic rings. The zero-order chi connectivity index (χ0) is 13.7. The molecular weight excluding hydrogens is 285 g/mol. The lowest BCUT2D eigenvalue weighted by atomic mass is 10.1. The van der Waals surface area contributed by atoms with Gasteiger partial charge in [0.1, 0.15) is 12.4 Å². The maximum Gasteiger partial charge on any atom is 0.141 e. The third kappa shape index (κ3) is 3.86. The number of ether oxygens (including phenoxy) is 1. The van der Waals surface area contributed by atoms with Crippen LogP contribution >= 0.6 is 23.2 Å². The van der Waals surface area contributed by atoms with Crippen LogP contribution in [0.2, 0.25) is 10.0 Å². The fourth-order valence-electron chi connectivity index (χ4n) is 1.79. The minimum absolute atomic E-state index is 0.509. The predicted molar refractivity (Wildman–Crippen MR) is 76.9 cm³/mol. The summed E-state index contributed by atoms with van der Waals surface area (Å²) in [5.74, 6) is 0.664. The lowest BCUT2D eigenvalue weighted by molar-refractivity contribution is 0.295. The first-order chi connectivity index (χ1) is 9.20. The van der Waals surface area contributed by atoms with Crippen LogP contribution < -0.4 is 10.5 Å². The molecule has 0 bridgehead atoms. The Balaban J connectivity index is 2.05. The van der Waals surface area contributed by atoms with Crippen molar-refractivity contribution < 1.29 is 4.74 Å². The van der Waals surface area contributed by atoms with Gasteiger partial charge in [0.2, 0.25) is 0 Å². The van der Waals surface area contributed by atoms with Gasteiger partial charge in [-0.25, -0.2) is 4.98 Å². The summed E-state index contributed by atoms with van der Waals surface area (Å²) in [6, 6.07) is 3.52. The molecule has 1 aromatic carbocycles. The van der Waals surface area contributed by atoms with Gasteiger partial charge in [0.15, 0.2) is 0 Å². The van der Waals surface area contributed by atoms with E-state index in [1.807, 2.05) is 16.8 Å². The third-order valence-corrected chi connectivity index (χ3v) is 3.15. The summed E-state index contributed by atoms with van der Waals surface area (Å²) >= 11 is 12.1. The van der Waals surface area contributed by atoms with Gasteiger partial charge >= 0.3 is 0 Å². The van der Waals surface area contributed by atoms with Gasteiger partial charge < -0.3 is 15.0 Å². The summed E-state index contributed by atoms with van der Waals surface area (Å²) in [5, 5.41) is 1.11. The van der Waals surface area contributed by atoms with E-state index in [2.05, 4.69) is 4.98 Å². The summed E-state index contributed by atoms with van der Waals surface area (Å²) in [5.41, 5.74) is 6.52. The Labute approximate surface area is 122 Å². The van der Waals surface area contributed by atoms with Gasteiger partial charge in [-0.05, 0) is 30.7 Å². The number of nitrogens with two attached hydrogens (primary N) is 1. The van der Waals surface area contributed by atoms with E-state index in [1.54, 1.807) is 18.6 Å². The first kappa shape index (κ1) is 14.2. The molecule has 19 heavy (non-hydrogen) atoms. The van der Waals surface area contributed by atoms with Gasteiger partial charge in [0.25, 0.3) is 0 Å². The molecule has 1 aromatic heterocycles. The second-order valence-electron chi connectivity index (χ2n) is 4.06. The van der Waals surface area contributed by atoms with Gasteiger partial charge in [-0.1, -0.05) is 23.2 Å². The molecule has 0 aliphatic carbocycles. The van der Waals surface area contributed by atoms with E-state index in [4.69, 9.17) is 33.7 Å². The maximum absolute atomic E-state index is 6.16. The molecule has 0 atom stereocenters. The van der Waals surface area contributed by atoms with Crippen molar-refractivity contribution >= 4 is 23.2 Å². The van der Waals surface area contributed by atoms with E-state index >= 15 is 0 Å². The minimum atomic E-state index is 0.509. The molecule has 2 N–H and O–H groups in total. The van der Waals surface area contributed by atoms with Gasteiger partial charge in [-0.15, -0.1) is 0 Å². The standard InChI is InChI=1S/C13H15Cl2N3O/c14-11-7-10(1-2-16)13(12(15)8-11)19-6-5-18-4-3-17-9-18/h3-4,7-9H,1-2,5-6,16H2. The van der Waals surface area contributed by atoms with Crippen molar-refractivity contribution in [1.82, 2.24) is 9.55 Å². The van der Waals surface area contributed by atoms with Crippen molar-refractivity contribution in [2.45, 2.75) is 13.0 Å². The predicted octanol–water partition coefficient (Wildman–Crippen LogP) is 2.77. The molecule has 0 unspecified atom stereocenters. The van der Waals surface area contributed by atoms with E-state index in [0.29, 0.717) is 41.9 Å². The highest BCUT2D eigenvalue weighted by atomic mass is 35.5. The molecule has 0 aliphatic heterocycles. The maximum atomic E-state index is 6.16. The molecule has 0 fully saturated rings. The van der Waals surface area contributed by atoms with Gasteiger partial charge in [-0.3, -0.25) is 0 Å². The summed E-state index contributed by atoms with van der Waals surface area (Å²) in [7, 11) is 0. The van der Waals surface area contributed by atoms with Crippen molar-refractivity contribution in [3.05, 3.63) is 46.5 Å². The van der Waals surface area contributed by atoms with Gasteiger partial charge in [0, 0.05) is 17.4 Å². The van der Waals surface area contributed by atoms with E-state index in [-0.39, 0.29) is 0 Å². The number of aromatic nitrogens is 2. The van der Waals surface area contributed by atoms with Crippen LogP contribution in [0.3, 0.4) is 0 Å². The molecule has 0 saturated carbocycles. The van der Waals surface area contributed by atoms with E-state index in [1.165, 1.54) is 0 Å². The molecule has 0 amide bonds. The molecule has 1 heterocycles. The number of halogens is 2. The Hall–Kier alpha value is -1.23. The SMILES string of the molecule is NCCc1cc(Cl)cc(Cl)c1OCCn1ccnc1. The summed E-state index contributed by atoms with van der Waals surface area (Å²) in [6.45, 7) is 1.74. The van der Waals surface area contributed by atoms with E-state index in [0.717, 1.165) is 5.56 Å². The highest BCUT2D eigenvalue weighted by Gasteiger charge is 2.10. The Morgan fingerprint density at radius 2 is 2.16 bits per heavy atom. The topological polar surface area (TPSA) is 53.1 Å². The average Bonchev–Trinajstić information content (AvgIpc) is 2.86. The molecular formula is C13H15Cl2N3O. The number of nitrogens with zero attached hydrogens (tertiary/aromatic N) is 2. The number of benzene rings is 1. The first-order valence-electron chi connectivity index (χ1n) is 5.97. The number of hydrogen-bond donors (Lipinski definition) is 1. The second kappa shape index (κ2) is 6.80. The van der Waals surface area contributed by atoms with Crippen LogP contribution in [-0.2, 0) is 13.0 Å². The summed E-state index contributed by atoms with van der Waals surface area (Å²) < 4.78 is 7.69. The molecule has 4 nitrogen and oxygen atoms in total. The van der Waals surface area contributed by atoms with Gasteiger partial charge in [0.05, 0.1) is 17.9 Å². The highest BCUT2D eigenvalue weighted by molar-refractivity contribution is 6.35. The van der Waals surface area contributed by atoms with Crippen molar-refractivity contribution in [1.29, 1.82) is 0 Å². The minimum Gasteiger partial charge on any atom is -0.490 e. The normalized spacial score (nSPS) is 10.7. The zero-order valence-electron chi connectivity index (χ0n) is 10.4. The largest absolute Gasteiger partial charge is 0.490 e. The monoisotopic (exact) mass is 299 g/mol. The Kier molecular flexibility index (Phi) is 5.07. The van der Waals surface area contributed by atoms with Crippen molar-refractivity contribution in [3.63, 3.8) is 0 Å². The summed E-state index contributed by atoms with van der Waals surface area (Å²) in [6.07, 6.45) is 6.04. The number of imidazole rings is 1. The second-order valence-corrected chi connectivity index (χ2v) is 4.91. The first-order valence-corrected chi connectivity index (χ1v) is 6.73. The fourth-order valence-corrected chi connectivity index (χ4v) is 2.38. The third-order valence-electron chi connectivity index (χ3n) is 2.65. The lowest BCUT2D eigenvalue weighted by Crippen LogP contribution is -2.10. The Morgan fingerprint density at radius 3 is 2.84 bits per heavy atom. The van der Waals surface area contributed by atoms with Crippen molar-refractivity contribution in [3.8, 4) is 5.75 Å². The smallest absolute Gasteiger partial charge is 0.141 e. The number of rotatable bonds is 6. The number of hydrogen-bond acceptors (Lipinski definition) is 3. The van der Waals surface area contributed by atoms with Crippen LogP contribution in [0.25, 0.3) is 0 Å². The van der Waals surface area contributed by atoms with Crippen LogP contribution in [0.4, 0.5) is 0 Å². The molecule has 0 saturated heterocycles. The van der Waals surface area contributed by atoms with Crippen LogP contribution in [0.5, 0.6) is 5.75 Å². The van der Waals surface area contributed by atoms with Crippen LogP contribution in [0.1, 0.15) is 5.56 Å². The lowest BCUT2D eigenvalue weighted by Gasteiger charge is -2.13. The molecule has 6 heteroatoms. The summed E-state index contributed by atoms with van der Waals surface area (Å²) in [4.78, 5) is 3.97. The molecule has 102 valence electrons. The Morgan fingerprint density at radius 1 is 1.32 bits per heavy atom. The highest BCUT2D eigenvalue weighted by Crippen LogP contribution is 2.32. The van der Waals surface area contributed by atoms with Crippen molar-refractivity contribution in [2.24, 2.45) is 5.73 Å². The van der Waals surface area contributed by atoms with Crippen LogP contribution in [0, 0.1) is 0 Å². The van der Waals surface area contributed by atoms with Gasteiger partial charge in [-0.2, -0.15) is 0 Å². The Bertz CT molecular complexity index is 529. The average molecular weight is 300 g/mol. The van der Waals surface area contributed by atoms with E-state index in [9.17, 15) is 0 Å². The van der Waals surface area contributed by atoms with Crippen LogP contribution in [-0.4, -0.2) is 22.7 Å². The molecule has 0 aliphatic rings. The fraction of sp³-hybridized carbons (Fsp3) is 0.308. The molecule has 0 radical (unpaired) electrons. The van der Waals surface area contributed by atoms with Crippen LogP contribution in [0.15, 0.2) is 30.9 Å². The zero-order valence-corrected chi connectivity index (χ0v) is 11.9. The molecule has 0 spiro atoms. The van der Waals surface area contributed by atoms with E-state index < -0.39 is 0 Å². The molecule has 2 rings (SSSR count). The quantitative estimate of drug-likeness (QED) is 0.892.